The van der Waals surface area contributed by atoms with Crippen LogP contribution in [-0.4, -0.2) is 143 Å². The number of rotatable bonds is 41. The molecule has 0 aromatic rings. The summed E-state index contributed by atoms with van der Waals surface area (Å²) < 4.78 is 16.9. The van der Waals surface area contributed by atoms with Crippen LogP contribution in [0.15, 0.2) is 0 Å². The summed E-state index contributed by atoms with van der Waals surface area (Å²) in [7, 11) is 0. The Morgan fingerprint density at radius 3 is 1.11 bits per heavy atom. The molecule has 2 aliphatic rings. The van der Waals surface area contributed by atoms with Crippen LogP contribution in [0.3, 0.4) is 0 Å². The highest BCUT2D eigenvalue weighted by Gasteiger charge is 2.54. The molecule has 3 unspecified atom stereocenters. The van der Waals surface area contributed by atoms with Gasteiger partial charge in [-0.15, -0.1) is 0 Å². The van der Waals surface area contributed by atoms with Crippen molar-refractivity contribution in [2.75, 3.05) is 13.2 Å². The number of ether oxygens (including phenoxy) is 3. The van der Waals surface area contributed by atoms with Crippen LogP contribution in [0.2, 0.25) is 0 Å². The predicted octanol–water partition coefficient (Wildman–Crippen LogP) is 7.41. The maximum atomic E-state index is 12.1. The van der Waals surface area contributed by atoms with Crippen LogP contribution in [0.1, 0.15) is 232 Å². The molecule has 0 amide bonds. The van der Waals surface area contributed by atoms with Crippen molar-refractivity contribution in [3.05, 3.63) is 0 Å². The van der Waals surface area contributed by atoms with Crippen LogP contribution in [0, 0.1) is 0 Å². The summed E-state index contributed by atoms with van der Waals surface area (Å²) >= 11 is 0. The van der Waals surface area contributed by atoms with Crippen LogP contribution >= 0.6 is 0 Å². The minimum Gasteiger partial charge on any atom is -0.394 e. The molecule has 0 aromatic carbocycles. The zero-order chi connectivity index (χ0) is 47.0. The van der Waals surface area contributed by atoms with Crippen molar-refractivity contribution in [3.8, 4) is 0 Å². The van der Waals surface area contributed by atoms with Gasteiger partial charge in [0.25, 0.3) is 0 Å². The molecule has 12 atom stereocenters. The second-order valence-corrected chi connectivity index (χ2v) is 19.7. The van der Waals surface area contributed by atoms with E-state index in [-0.39, 0.29) is 12.8 Å². The first-order valence-corrected chi connectivity index (χ1v) is 26.6. The molecule has 64 heavy (non-hydrogen) atoms. The lowest BCUT2D eigenvalue weighted by molar-refractivity contribution is -0.347. The Balaban J connectivity index is 1.88. The van der Waals surface area contributed by atoms with Gasteiger partial charge in [0.05, 0.1) is 18.8 Å². The number of unbranched alkanes of at least 4 members (excludes halogenated alkanes) is 30. The molecular formula is C51H100O13. The van der Waals surface area contributed by atoms with Gasteiger partial charge in [0.1, 0.15) is 67.1 Å². The van der Waals surface area contributed by atoms with E-state index in [9.17, 15) is 51.1 Å². The molecular weight excluding hydrogens is 821 g/mol. The number of hydrogen-bond acceptors (Lipinski definition) is 13. The van der Waals surface area contributed by atoms with E-state index in [0.29, 0.717) is 12.8 Å². The van der Waals surface area contributed by atoms with Gasteiger partial charge in [-0.1, -0.05) is 219 Å². The van der Waals surface area contributed by atoms with Crippen LogP contribution in [0.25, 0.3) is 0 Å². The highest BCUT2D eigenvalue weighted by molar-refractivity contribution is 5.02. The molecule has 0 saturated carbocycles. The smallest absolute Gasteiger partial charge is 0.187 e. The highest BCUT2D eigenvalue weighted by Crippen LogP contribution is 2.35. The van der Waals surface area contributed by atoms with Gasteiger partial charge in [-0.3, -0.25) is 0 Å². The zero-order valence-electron chi connectivity index (χ0n) is 40.6. The lowest BCUT2D eigenvalue weighted by Gasteiger charge is -2.48. The van der Waals surface area contributed by atoms with E-state index in [1.165, 1.54) is 154 Å². The molecule has 13 heteroatoms. The molecule has 0 aliphatic carbocycles. The largest absolute Gasteiger partial charge is 0.394 e. The first-order valence-electron chi connectivity index (χ1n) is 26.6. The molecule has 0 bridgehead atoms. The topological polar surface area (TPSA) is 230 Å². The Kier molecular flexibility index (Phi) is 34.0. The Morgan fingerprint density at radius 2 is 0.766 bits per heavy atom. The highest BCUT2D eigenvalue weighted by atomic mass is 16.7. The first-order chi connectivity index (χ1) is 31.0. The lowest BCUT2D eigenvalue weighted by Crippen LogP contribution is -2.67. The molecule has 382 valence electrons. The molecule has 2 saturated heterocycles. The van der Waals surface area contributed by atoms with Crippen molar-refractivity contribution >= 4 is 0 Å². The average Bonchev–Trinajstić information content (AvgIpc) is 3.29. The molecule has 2 heterocycles. The van der Waals surface area contributed by atoms with E-state index >= 15 is 0 Å². The Morgan fingerprint density at radius 1 is 0.422 bits per heavy atom. The van der Waals surface area contributed by atoms with Gasteiger partial charge in [0.2, 0.25) is 0 Å². The fraction of sp³-hybridized carbons (Fsp3) is 1.00. The van der Waals surface area contributed by atoms with Crippen molar-refractivity contribution in [2.45, 2.75) is 311 Å². The summed E-state index contributed by atoms with van der Waals surface area (Å²) in [5.74, 6) is 0. The predicted molar refractivity (Wildman–Crippen MR) is 252 cm³/mol. The SMILES string of the molecule is CCCCCCCCCCCCCCCCCCC(O)(CCCCCCCCCCCCCCCCCC)C(O)C(O)C1O[C@H](CO)[C@@H](O[C@@H]2O[C@H](CO)[C@H](O)[C@H](O)[C@H]2O)[C@H](O)[C@H]1O. The molecule has 13 nitrogen and oxygen atoms in total. The Bertz CT molecular complexity index is 1030. The van der Waals surface area contributed by atoms with Crippen molar-refractivity contribution in [1.29, 1.82) is 0 Å². The molecule has 2 aliphatic heterocycles. The van der Waals surface area contributed by atoms with Gasteiger partial charge in [0, 0.05) is 0 Å². The minimum absolute atomic E-state index is 0.236. The summed E-state index contributed by atoms with van der Waals surface area (Å²) in [6.07, 6.45) is 19.1. The first kappa shape index (κ1) is 59.6. The quantitative estimate of drug-likeness (QED) is 0.0270. The van der Waals surface area contributed by atoms with Crippen LogP contribution in [0.5, 0.6) is 0 Å². The fourth-order valence-electron chi connectivity index (χ4n) is 9.78. The summed E-state index contributed by atoms with van der Waals surface area (Å²) in [4.78, 5) is 0. The monoisotopic (exact) mass is 921 g/mol. The third-order valence-electron chi connectivity index (χ3n) is 14.2. The Labute approximate surface area is 388 Å². The standard InChI is InChI=1S/C51H100O13/c1-3-5-7-9-11-13-15-17-19-21-23-25-27-29-31-33-35-51(61,36-34-32-30-28-26-24-22-20-18-16-14-12-10-8-6-4-2)49(60)46(59)48-44(57)43(56)47(40(38-53)62-48)64-50-45(58)42(55)41(54)39(37-52)63-50/h39-50,52-61H,3-38H2,1-2H3/t39-,40-,41+,42+,43-,44-,45-,46?,47-,48?,49?,50+/m1/s1. The van der Waals surface area contributed by atoms with Crippen molar-refractivity contribution in [1.82, 2.24) is 0 Å². The molecule has 0 spiro atoms. The van der Waals surface area contributed by atoms with Crippen LogP contribution in [-0.2, 0) is 14.2 Å². The molecule has 2 fully saturated rings. The van der Waals surface area contributed by atoms with Crippen molar-refractivity contribution < 1.29 is 65.3 Å². The van der Waals surface area contributed by atoms with Crippen molar-refractivity contribution in [3.63, 3.8) is 0 Å². The summed E-state index contributed by atoms with van der Waals surface area (Å²) in [6, 6.07) is 0. The van der Waals surface area contributed by atoms with Crippen molar-refractivity contribution in [2.24, 2.45) is 0 Å². The summed E-state index contributed by atoms with van der Waals surface area (Å²) in [6.45, 7) is 3.02. The number of aliphatic hydroxyl groups excluding tert-OH is 9. The fourth-order valence-corrected chi connectivity index (χ4v) is 9.78. The number of aliphatic hydroxyl groups is 10. The zero-order valence-corrected chi connectivity index (χ0v) is 40.6. The van der Waals surface area contributed by atoms with E-state index < -0.39 is 92.2 Å². The maximum Gasteiger partial charge on any atom is 0.187 e. The van der Waals surface area contributed by atoms with Crippen LogP contribution in [0.4, 0.5) is 0 Å². The average molecular weight is 921 g/mol. The number of hydrogen-bond donors (Lipinski definition) is 10. The van der Waals surface area contributed by atoms with Gasteiger partial charge in [-0.05, 0) is 12.8 Å². The van der Waals surface area contributed by atoms with Gasteiger partial charge < -0.3 is 65.3 Å². The third-order valence-corrected chi connectivity index (χ3v) is 14.2. The lowest BCUT2D eigenvalue weighted by atomic mass is 9.79. The summed E-state index contributed by atoms with van der Waals surface area (Å²) in [5, 5.41) is 108. The second kappa shape index (κ2) is 36.5. The van der Waals surface area contributed by atoms with E-state index in [4.69, 9.17) is 14.2 Å². The van der Waals surface area contributed by atoms with E-state index in [1.807, 2.05) is 0 Å². The second-order valence-electron chi connectivity index (χ2n) is 19.7. The van der Waals surface area contributed by atoms with Crippen LogP contribution < -0.4 is 0 Å². The normalized spacial score (nSPS) is 27.6. The van der Waals surface area contributed by atoms with E-state index in [0.717, 1.165) is 38.5 Å². The maximum absolute atomic E-state index is 12.1. The minimum atomic E-state index is -1.86. The van der Waals surface area contributed by atoms with Gasteiger partial charge in [-0.2, -0.15) is 0 Å². The van der Waals surface area contributed by atoms with Gasteiger partial charge in [-0.25, -0.2) is 0 Å². The Hall–Kier alpha value is -0.520. The molecule has 10 N–H and O–H groups in total. The van der Waals surface area contributed by atoms with E-state index in [2.05, 4.69) is 13.8 Å². The van der Waals surface area contributed by atoms with Gasteiger partial charge in [0.15, 0.2) is 6.29 Å². The third kappa shape index (κ3) is 22.7. The molecule has 0 aromatic heterocycles. The van der Waals surface area contributed by atoms with E-state index in [1.54, 1.807) is 0 Å². The molecule has 0 radical (unpaired) electrons. The van der Waals surface area contributed by atoms with Gasteiger partial charge >= 0.3 is 0 Å². The summed E-state index contributed by atoms with van der Waals surface area (Å²) in [5.41, 5.74) is -1.70. The molecule has 2 rings (SSSR count).